The van der Waals surface area contributed by atoms with Crippen LogP contribution in [0.3, 0.4) is 0 Å². The zero-order valence-corrected chi connectivity index (χ0v) is 17.4. The average Bonchev–Trinajstić information content (AvgIpc) is 3.24. The van der Waals surface area contributed by atoms with Crippen molar-refractivity contribution < 1.29 is 9.32 Å². The third kappa shape index (κ3) is 5.33. The number of amides is 1. The van der Waals surface area contributed by atoms with Gasteiger partial charge < -0.3 is 9.42 Å². The molecule has 0 atom stereocenters. The lowest BCUT2D eigenvalue weighted by atomic mass is 9.90. The number of pyridine rings is 1. The molecule has 1 aliphatic heterocycles. The van der Waals surface area contributed by atoms with Crippen LogP contribution in [-0.2, 0) is 19.5 Å². The van der Waals surface area contributed by atoms with Gasteiger partial charge in [0.25, 0.3) is 5.91 Å². The van der Waals surface area contributed by atoms with Gasteiger partial charge in [0.2, 0.25) is 0 Å². The van der Waals surface area contributed by atoms with E-state index in [-0.39, 0.29) is 5.91 Å². The Morgan fingerprint density at radius 1 is 1.13 bits per heavy atom. The van der Waals surface area contributed by atoms with Crippen LogP contribution in [0.2, 0.25) is 0 Å². The number of aromatic nitrogens is 2. The molecular formula is C24H28N4O2. The quantitative estimate of drug-likeness (QED) is 0.599. The SMILES string of the molecule is CN(Cc1cccnc1)C(=O)c1cc(CN2CCC(Cc3ccccc3)CC2)on1. The summed E-state index contributed by atoms with van der Waals surface area (Å²) in [4.78, 5) is 20.7. The second kappa shape index (κ2) is 9.67. The van der Waals surface area contributed by atoms with Gasteiger partial charge in [-0.15, -0.1) is 0 Å². The van der Waals surface area contributed by atoms with E-state index in [0.29, 0.717) is 18.8 Å². The molecule has 0 N–H and O–H groups in total. The number of benzene rings is 1. The Labute approximate surface area is 177 Å². The number of rotatable bonds is 7. The summed E-state index contributed by atoms with van der Waals surface area (Å²) >= 11 is 0. The Morgan fingerprint density at radius 3 is 2.63 bits per heavy atom. The zero-order chi connectivity index (χ0) is 20.8. The lowest BCUT2D eigenvalue weighted by molar-refractivity contribution is 0.0774. The predicted octanol–water partition coefficient (Wildman–Crippen LogP) is 3.80. The molecule has 0 unspecified atom stereocenters. The van der Waals surface area contributed by atoms with Gasteiger partial charge in [0.1, 0.15) is 0 Å². The van der Waals surface area contributed by atoms with E-state index in [0.717, 1.165) is 36.8 Å². The minimum absolute atomic E-state index is 0.143. The van der Waals surface area contributed by atoms with Crippen LogP contribution in [0, 0.1) is 5.92 Å². The van der Waals surface area contributed by atoms with Crippen molar-refractivity contribution in [1.82, 2.24) is 19.9 Å². The molecule has 3 heterocycles. The molecule has 30 heavy (non-hydrogen) atoms. The van der Waals surface area contributed by atoms with E-state index in [9.17, 15) is 4.79 Å². The first kappa shape index (κ1) is 20.3. The molecule has 4 rings (SSSR count). The summed E-state index contributed by atoms with van der Waals surface area (Å²) in [6, 6.07) is 16.3. The van der Waals surface area contributed by atoms with Crippen LogP contribution in [-0.4, -0.2) is 46.0 Å². The highest BCUT2D eigenvalue weighted by atomic mass is 16.5. The van der Waals surface area contributed by atoms with Gasteiger partial charge in [-0.2, -0.15) is 0 Å². The number of likely N-dealkylation sites (tertiary alicyclic amines) is 1. The van der Waals surface area contributed by atoms with Gasteiger partial charge >= 0.3 is 0 Å². The number of hydrogen-bond donors (Lipinski definition) is 0. The van der Waals surface area contributed by atoms with Gasteiger partial charge in [0.05, 0.1) is 6.54 Å². The van der Waals surface area contributed by atoms with Gasteiger partial charge in [-0.1, -0.05) is 41.6 Å². The second-order valence-corrected chi connectivity index (χ2v) is 8.11. The summed E-state index contributed by atoms with van der Waals surface area (Å²) < 4.78 is 5.46. The molecule has 6 heteroatoms. The van der Waals surface area contributed by atoms with Crippen molar-refractivity contribution in [3.8, 4) is 0 Å². The molecule has 1 saturated heterocycles. The topological polar surface area (TPSA) is 62.5 Å². The predicted molar refractivity (Wildman–Crippen MR) is 115 cm³/mol. The fourth-order valence-electron chi connectivity index (χ4n) is 4.04. The Hall–Kier alpha value is -2.99. The molecule has 1 aromatic carbocycles. The normalized spacial score (nSPS) is 15.2. The van der Waals surface area contributed by atoms with E-state index < -0.39 is 0 Å². The molecule has 0 radical (unpaired) electrons. The smallest absolute Gasteiger partial charge is 0.276 e. The summed E-state index contributed by atoms with van der Waals surface area (Å²) in [5.74, 6) is 1.33. The maximum absolute atomic E-state index is 12.6. The first-order valence-electron chi connectivity index (χ1n) is 10.5. The summed E-state index contributed by atoms with van der Waals surface area (Å²) in [5.41, 5.74) is 2.76. The van der Waals surface area contributed by atoms with Crippen molar-refractivity contribution in [2.45, 2.75) is 32.4 Å². The van der Waals surface area contributed by atoms with Gasteiger partial charge in [-0.3, -0.25) is 14.7 Å². The molecule has 156 valence electrons. The Kier molecular flexibility index (Phi) is 6.54. The zero-order valence-electron chi connectivity index (χ0n) is 17.4. The van der Waals surface area contributed by atoms with E-state index in [1.54, 1.807) is 30.4 Å². The molecule has 2 aromatic heterocycles. The van der Waals surface area contributed by atoms with Gasteiger partial charge in [-0.05, 0) is 55.5 Å². The minimum Gasteiger partial charge on any atom is -0.359 e. The molecule has 3 aromatic rings. The lowest BCUT2D eigenvalue weighted by Gasteiger charge is -2.31. The van der Waals surface area contributed by atoms with Crippen LogP contribution >= 0.6 is 0 Å². The van der Waals surface area contributed by atoms with Crippen LogP contribution < -0.4 is 0 Å². The van der Waals surface area contributed by atoms with Gasteiger partial charge in [0, 0.05) is 32.1 Å². The van der Waals surface area contributed by atoms with E-state index in [2.05, 4.69) is 45.4 Å². The van der Waals surface area contributed by atoms with Crippen LogP contribution in [0.25, 0.3) is 0 Å². The highest BCUT2D eigenvalue weighted by Crippen LogP contribution is 2.23. The molecule has 0 spiro atoms. The second-order valence-electron chi connectivity index (χ2n) is 8.11. The number of carbonyl (C=O) groups is 1. The first-order chi connectivity index (χ1) is 14.7. The standard InChI is InChI=1S/C24H28N4O2/c1-27(17-21-8-5-11-25-16-21)24(29)23-15-22(30-26-23)18-28-12-9-20(10-13-28)14-19-6-3-2-4-7-19/h2-8,11,15-16,20H,9-10,12-14,17-18H2,1H3. The molecule has 1 aliphatic rings. The molecule has 0 aliphatic carbocycles. The van der Waals surface area contributed by atoms with Crippen molar-refractivity contribution >= 4 is 5.91 Å². The Morgan fingerprint density at radius 2 is 1.90 bits per heavy atom. The minimum atomic E-state index is -0.143. The molecule has 1 fully saturated rings. The fraction of sp³-hybridized carbons (Fsp3) is 0.375. The summed E-state index contributed by atoms with van der Waals surface area (Å²) in [6.07, 6.45) is 7.00. The number of carbonyl (C=O) groups excluding carboxylic acids is 1. The summed E-state index contributed by atoms with van der Waals surface area (Å²) in [6.45, 7) is 3.28. The summed E-state index contributed by atoms with van der Waals surface area (Å²) in [7, 11) is 1.77. The monoisotopic (exact) mass is 404 g/mol. The largest absolute Gasteiger partial charge is 0.359 e. The highest BCUT2D eigenvalue weighted by Gasteiger charge is 2.22. The molecular weight excluding hydrogens is 376 g/mol. The molecule has 0 saturated carbocycles. The van der Waals surface area contributed by atoms with Crippen molar-refractivity contribution in [1.29, 1.82) is 0 Å². The van der Waals surface area contributed by atoms with E-state index >= 15 is 0 Å². The number of hydrogen-bond acceptors (Lipinski definition) is 5. The van der Waals surface area contributed by atoms with Gasteiger partial charge in [0.15, 0.2) is 11.5 Å². The highest BCUT2D eigenvalue weighted by molar-refractivity contribution is 5.92. The maximum Gasteiger partial charge on any atom is 0.276 e. The lowest BCUT2D eigenvalue weighted by Crippen LogP contribution is -2.33. The molecule has 6 nitrogen and oxygen atoms in total. The van der Waals surface area contributed by atoms with Crippen molar-refractivity contribution in [2.75, 3.05) is 20.1 Å². The van der Waals surface area contributed by atoms with Gasteiger partial charge in [-0.25, -0.2) is 0 Å². The fourth-order valence-corrected chi connectivity index (χ4v) is 4.04. The van der Waals surface area contributed by atoms with Crippen molar-refractivity contribution in [2.24, 2.45) is 5.92 Å². The first-order valence-corrected chi connectivity index (χ1v) is 10.5. The van der Waals surface area contributed by atoms with E-state index in [1.165, 1.54) is 18.4 Å². The maximum atomic E-state index is 12.6. The van der Waals surface area contributed by atoms with E-state index in [4.69, 9.17) is 4.52 Å². The van der Waals surface area contributed by atoms with Crippen molar-refractivity contribution in [3.63, 3.8) is 0 Å². The summed E-state index contributed by atoms with van der Waals surface area (Å²) in [5, 5.41) is 4.01. The number of nitrogens with zero attached hydrogens (tertiary/aromatic N) is 4. The van der Waals surface area contributed by atoms with Crippen LogP contribution in [0.1, 0.15) is 40.2 Å². The van der Waals surface area contributed by atoms with Crippen LogP contribution in [0.15, 0.2) is 65.4 Å². The third-order valence-corrected chi connectivity index (χ3v) is 5.72. The Bertz CT molecular complexity index is 934. The third-order valence-electron chi connectivity index (χ3n) is 5.72. The Balaban J connectivity index is 1.26. The number of piperidine rings is 1. The van der Waals surface area contributed by atoms with Crippen molar-refractivity contribution in [3.05, 3.63) is 83.5 Å². The van der Waals surface area contributed by atoms with E-state index in [1.807, 2.05) is 12.1 Å². The van der Waals surface area contributed by atoms with Crippen LogP contribution in [0.5, 0.6) is 0 Å². The molecule has 0 bridgehead atoms. The average molecular weight is 405 g/mol. The molecule has 1 amide bonds. The van der Waals surface area contributed by atoms with Crippen LogP contribution in [0.4, 0.5) is 0 Å².